The van der Waals surface area contributed by atoms with Crippen molar-refractivity contribution in [2.75, 3.05) is 0 Å². The first kappa shape index (κ1) is 14.3. The quantitative estimate of drug-likeness (QED) is 0.659. The summed E-state index contributed by atoms with van der Waals surface area (Å²) in [5.41, 5.74) is 2.88. The van der Waals surface area contributed by atoms with Gasteiger partial charge in [0.05, 0.1) is 12.0 Å². The van der Waals surface area contributed by atoms with Crippen molar-refractivity contribution in [2.45, 2.75) is 78.7 Å². The molecule has 1 heterocycles. The zero-order valence-corrected chi connectivity index (χ0v) is 13.0. The van der Waals surface area contributed by atoms with Gasteiger partial charge in [0.1, 0.15) is 0 Å². The van der Waals surface area contributed by atoms with E-state index in [-0.39, 0.29) is 16.4 Å². The van der Waals surface area contributed by atoms with Gasteiger partial charge in [-0.3, -0.25) is 0 Å². The summed E-state index contributed by atoms with van der Waals surface area (Å²) in [6.07, 6.45) is 2.00. The Morgan fingerprint density at radius 2 is 1.29 bits per heavy atom. The van der Waals surface area contributed by atoms with Crippen molar-refractivity contribution < 1.29 is 0 Å². The van der Waals surface area contributed by atoms with Crippen LogP contribution in [-0.4, -0.2) is 9.55 Å². The third-order valence-electron chi connectivity index (χ3n) is 2.91. The second kappa shape index (κ2) is 3.86. The predicted octanol–water partition coefficient (Wildman–Crippen LogP) is 4.23. The molecule has 0 unspecified atom stereocenters. The molecule has 0 N–H and O–H groups in total. The molecule has 0 spiro atoms. The first-order valence-corrected chi connectivity index (χ1v) is 6.44. The van der Waals surface area contributed by atoms with E-state index in [2.05, 4.69) is 71.9 Å². The molecule has 1 aromatic heterocycles. The van der Waals surface area contributed by atoms with E-state index in [0.717, 1.165) is 0 Å². The van der Waals surface area contributed by atoms with Gasteiger partial charge in [0.2, 0.25) is 0 Å². The van der Waals surface area contributed by atoms with Crippen molar-refractivity contribution in [3.8, 4) is 0 Å². The van der Waals surface area contributed by atoms with Gasteiger partial charge in [-0.2, -0.15) is 0 Å². The number of aromatic nitrogens is 2. The van der Waals surface area contributed by atoms with E-state index < -0.39 is 0 Å². The summed E-state index contributed by atoms with van der Waals surface area (Å²) in [5, 5.41) is 0. The Morgan fingerprint density at radius 3 is 1.59 bits per heavy atom. The second-order valence-corrected chi connectivity index (χ2v) is 7.98. The minimum atomic E-state index is 0.0825. The molecule has 17 heavy (non-hydrogen) atoms. The van der Waals surface area contributed by atoms with Crippen molar-refractivity contribution in [2.24, 2.45) is 0 Å². The Kier molecular flexibility index (Phi) is 3.24. The molecule has 98 valence electrons. The average Bonchev–Trinajstić information content (AvgIpc) is 2.42. The Bertz CT molecular complexity index is 361. The molecule has 0 fully saturated rings. The maximum Gasteiger partial charge on any atom is 0.0957 e. The van der Waals surface area contributed by atoms with Crippen LogP contribution in [0, 0.1) is 0 Å². The van der Waals surface area contributed by atoms with Crippen LogP contribution in [0.2, 0.25) is 0 Å². The van der Waals surface area contributed by atoms with E-state index in [0.29, 0.717) is 0 Å². The number of nitrogens with zero attached hydrogens (tertiary/aromatic N) is 2. The summed E-state index contributed by atoms with van der Waals surface area (Å²) in [6, 6.07) is 0. The predicted molar refractivity (Wildman–Crippen MR) is 74.6 cm³/mol. The zero-order chi connectivity index (χ0) is 13.6. The third kappa shape index (κ3) is 2.91. The maximum absolute atomic E-state index is 4.68. The largest absolute Gasteiger partial charge is 0.328 e. The standard InChI is InChI=1S/C15H28N2/c1-13(2,3)11-12(14(4,5)6)17(10-16-11)15(7,8)9/h10H,1-9H3. The number of hydrogen-bond donors (Lipinski definition) is 0. The van der Waals surface area contributed by atoms with Crippen LogP contribution < -0.4 is 0 Å². The fourth-order valence-electron chi connectivity index (χ4n) is 2.12. The van der Waals surface area contributed by atoms with Crippen LogP contribution in [-0.2, 0) is 16.4 Å². The van der Waals surface area contributed by atoms with Gasteiger partial charge < -0.3 is 4.57 Å². The topological polar surface area (TPSA) is 17.8 Å². The number of rotatable bonds is 0. The van der Waals surface area contributed by atoms with Gasteiger partial charge >= 0.3 is 0 Å². The SMILES string of the molecule is CC(C)(C)c1ncn(C(C)(C)C)c1C(C)(C)C. The summed E-state index contributed by atoms with van der Waals surface area (Å²) in [4.78, 5) is 4.68. The van der Waals surface area contributed by atoms with Crippen LogP contribution in [0.5, 0.6) is 0 Å². The van der Waals surface area contributed by atoms with E-state index in [1.54, 1.807) is 0 Å². The van der Waals surface area contributed by atoms with Crippen molar-refractivity contribution in [1.82, 2.24) is 9.55 Å². The van der Waals surface area contributed by atoms with Crippen molar-refractivity contribution >= 4 is 0 Å². The van der Waals surface area contributed by atoms with Crippen LogP contribution >= 0.6 is 0 Å². The zero-order valence-electron chi connectivity index (χ0n) is 13.0. The maximum atomic E-state index is 4.68. The Labute approximate surface area is 106 Å². The lowest BCUT2D eigenvalue weighted by molar-refractivity contribution is 0.355. The van der Waals surface area contributed by atoms with E-state index in [4.69, 9.17) is 0 Å². The molecule has 0 radical (unpaired) electrons. The van der Waals surface area contributed by atoms with Crippen molar-refractivity contribution in [3.05, 3.63) is 17.7 Å². The fourth-order valence-corrected chi connectivity index (χ4v) is 2.12. The van der Waals surface area contributed by atoms with Crippen LogP contribution in [0.3, 0.4) is 0 Å². The molecule has 0 bridgehead atoms. The van der Waals surface area contributed by atoms with Gasteiger partial charge in [0.25, 0.3) is 0 Å². The van der Waals surface area contributed by atoms with Gasteiger partial charge in [-0.05, 0) is 20.8 Å². The summed E-state index contributed by atoms with van der Waals surface area (Å²) >= 11 is 0. The van der Waals surface area contributed by atoms with E-state index in [1.807, 2.05) is 6.33 Å². The minimum Gasteiger partial charge on any atom is -0.328 e. The molecular weight excluding hydrogens is 208 g/mol. The van der Waals surface area contributed by atoms with Crippen molar-refractivity contribution in [3.63, 3.8) is 0 Å². The molecule has 2 nitrogen and oxygen atoms in total. The van der Waals surface area contributed by atoms with E-state index in [9.17, 15) is 0 Å². The molecule has 0 aromatic carbocycles. The minimum absolute atomic E-state index is 0.0825. The van der Waals surface area contributed by atoms with Gasteiger partial charge in [-0.25, -0.2) is 4.98 Å². The van der Waals surface area contributed by atoms with Crippen LogP contribution in [0.1, 0.15) is 73.7 Å². The fraction of sp³-hybridized carbons (Fsp3) is 0.800. The molecule has 0 aliphatic carbocycles. The first-order valence-electron chi connectivity index (χ1n) is 6.44. The molecule has 1 aromatic rings. The highest BCUT2D eigenvalue weighted by Gasteiger charge is 2.32. The summed E-state index contributed by atoms with van der Waals surface area (Å²) < 4.78 is 2.33. The highest BCUT2D eigenvalue weighted by Crippen LogP contribution is 2.35. The third-order valence-corrected chi connectivity index (χ3v) is 2.91. The van der Waals surface area contributed by atoms with Gasteiger partial charge in [-0.1, -0.05) is 41.5 Å². The van der Waals surface area contributed by atoms with E-state index >= 15 is 0 Å². The van der Waals surface area contributed by atoms with Crippen LogP contribution in [0.15, 0.2) is 6.33 Å². The van der Waals surface area contributed by atoms with Crippen LogP contribution in [0.4, 0.5) is 0 Å². The highest BCUT2D eigenvalue weighted by atomic mass is 15.1. The molecular formula is C15H28N2. The molecule has 0 aliphatic heterocycles. The Hall–Kier alpha value is -0.790. The first-order chi connectivity index (χ1) is 7.35. The summed E-state index contributed by atoms with van der Waals surface area (Å²) in [5.74, 6) is 0. The molecule has 0 atom stereocenters. The van der Waals surface area contributed by atoms with E-state index in [1.165, 1.54) is 11.4 Å². The molecule has 0 saturated heterocycles. The molecule has 0 amide bonds. The van der Waals surface area contributed by atoms with Crippen molar-refractivity contribution in [1.29, 1.82) is 0 Å². The normalized spacial score (nSPS) is 14.2. The average molecular weight is 236 g/mol. The lowest BCUT2D eigenvalue weighted by Crippen LogP contribution is -2.31. The lowest BCUT2D eigenvalue weighted by Gasteiger charge is -2.32. The van der Waals surface area contributed by atoms with Gasteiger partial charge in [0.15, 0.2) is 0 Å². The second-order valence-electron chi connectivity index (χ2n) is 7.98. The molecule has 2 heteroatoms. The molecule has 1 rings (SSSR count). The smallest absolute Gasteiger partial charge is 0.0957 e. The number of imidazole rings is 1. The Balaban J connectivity index is 3.53. The molecule has 0 aliphatic rings. The Morgan fingerprint density at radius 1 is 0.824 bits per heavy atom. The summed E-state index contributed by atoms with van der Waals surface area (Å²) in [7, 11) is 0. The summed E-state index contributed by atoms with van der Waals surface area (Å²) in [6.45, 7) is 20.2. The monoisotopic (exact) mass is 236 g/mol. The molecule has 0 saturated carbocycles. The number of hydrogen-bond acceptors (Lipinski definition) is 1. The van der Waals surface area contributed by atoms with Crippen LogP contribution in [0.25, 0.3) is 0 Å². The van der Waals surface area contributed by atoms with Gasteiger partial charge in [0, 0.05) is 22.1 Å². The highest BCUT2D eigenvalue weighted by molar-refractivity contribution is 5.28. The van der Waals surface area contributed by atoms with Gasteiger partial charge in [-0.15, -0.1) is 0 Å². The lowest BCUT2D eigenvalue weighted by atomic mass is 9.81.